The molecule has 0 radical (unpaired) electrons. The fourth-order valence-electron chi connectivity index (χ4n) is 4.11. The van der Waals surface area contributed by atoms with Crippen molar-refractivity contribution in [3.63, 3.8) is 0 Å². The lowest BCUT2D eigenvalue weighted by Gasteiger charge is -2.19. The first-order valence-electron chi connectivity index (χ1n) is 9.64. The van der Waals surface area contributed by atoms with E-state index >= 15 is 0 Å². The van der Waals surface area contributed by atoms with Crippen molar-refractivity contribution in [2.45, 2.75) is 13.8 Å². The van der Waals surface area contributed by atoms with Gasteiger partial charge in [-0.15, -0.1) is 0 Å². The van der Waals surface area contributed by atoms with E-state index in [4.69, 9.17) is 19.7 Å². The summed E-state index contributed by atoms with van der Waals surface area (Å²) in [6.45, 7) is 27.0. The Morgan fingerprint density at radius 3 is 2.19 bits per heavy atom. The molecule has 0 N–H and O–H groups in total. The van der Waals surface area contributed by atoms with Gasteiger partial charge in [0.1, 0.15) is 0 Å². The maximum atomic E-state index is 10.0. The summed E-state index contributed by atoms with van der Waals surface area (Å²) in [5.41, 5.74) is 4.18. The number of fused-ring (bicyclic) bond motifs is 3. The van der Waals surface area contributed by atoms with Gasteiger partial charge >= 0.3 is 0 Å². The van der Waals surface area contributed by atoms with Crippen LogP contribution in [0.1, 0.15) is 23.6 Å². The molecule has 0 unspecified atom stereocenters. The van der Waals surface area contributed by atoms with E-state index in [1.54, 1.807) is 6.20 Å². The summed E-state index contributed by atoms with van der Waals surface area (Å²) < 4.78 is 0. The van der Waals surface area contributed by atoms with Gasteiger partial charge in [0.05, 0.1) is 42.4 Å². The number of allylic oxidation sites excluding steroid dienone is 1. The van der Waals surface area contributed by atoms with Crippen molar-refractivity contribution in [1.29, 1.82) is 5.26 Å². The molecule has 0 spiro atoms. The monoisotopic (exact) mass is 410 g/mol. The number of hydrogen-bond acceptors (Lipinski definition) is 3. The van der Waals surface area contributed by atoms with Crippen LogP contribution >= 0.6 is 0 Å². The molecule has 1 aromatic heterocycles. The minimum Gasteiger partial charge on any atom is -0.262 e. The van der Waals surface area contributed by atoms with Gasteiger partial charge in [-0.2, -0.15) is 5.26 Å². The summed E-state index contributed by atoms with van der Waals surface area (Å²) in [5.74, 6) is 0. The molecule has 0 aliphatic rings. The Bertz CT molecular complexity index is 1630. The smallest absolute Gasteiger partial charge is 0.202 e. The van der Waals surface area contributed by atoms with Crippen LogP contribution in [0.15, 0.2) is 42.7 Å². The highest BCUT2D eigenvalue weighted by Crippen LogP contribution is 2.52. The van der Waals surface area contributed by atoms with E-state index < -0.39 is 0 Å². The van der Waals surface area contributed by atoms with E-state index in [0.717, 1.165) is 16.7 Å². The first-order chi connectivity index (χ1) is 15.6. The molecule has 32 heavy (non-hydrogen) atoms. The highest BCUT2D eigenvalue weighted by molar-refractivity contribution is 6.24. The second kappa shape index (κ2) is 8.00. The molecule has 6 nitrogen and oxygen atoms in total. The van der Waals surface area contributed by atoms with Crippen molar-refractivity contribution in [2.24, 2.45) is 0 Å². The van der Waals surface area contributed by atoms with Crippen molar-refractivity contribution in [2.75, 3.05) is 0 Å². The van der Waals surface area contributed by atoms with E-state index in [-0.39, 0.29) is 22.6 Å². The lowest BCUT2D eigenvalue weighted by atomic mass is 9.86. The number of rotatable bonds is 2. The van der Waals surface area contributed by atoms with Gasteiger partial charge in [-0.25, -0.2) is 0 Å². The third-order valence-corrected chi connectivity index (χ3v) is 5.36. The Hall–Kier alpha value is -5.04. The average Bonchev–Trinajstić information content (AvgIpc) is 2.83. The Balaban J connectivity index is 2.47. The minimum absolute atomic E-state index is 0.0451. The van der Waals surface area contributed by atoms with Crippen LogP contribution in [-0.2, 0) is 0 Å². The lowest BCUT2D eigenvalue weighted by Crippen LogP contribution is -1.97. The van der Waals surface area contributed by atoms with Crippen LogP contribution < -0.4 is 0 Å². The van der Waals surface area contributed by atoms with Crippen LogP contribution in [0.5, 0.6) is 0 Å². The van der Waals surface area contributed by atoms with Gasteiger partial charge < -0.3 is 0 Å². The van der Waals surface area contributed by atoms with Gasteiger partial charge in [-0.1, -0.05) is 36.4 Å². The van der Waals surface area contributed by atoms with E-state index in [2.05, 4.69) is 30.6 Å². The van der Waals surface area contributed by atoms with Gasteiger partial charge in [0.25, 0.3) is 0 Å². The molecule has 0 bridgehead atoms. The van der Waals surface area contributed by atoms with Crippen molar-refractivity contribution in [3.05, 3.63) is 93.7 Å². The zero-order chi connectivity index (χ0) is 22.8. The number of hydrogen-bond donors (Lipinski definition) is 0. The van der Waals surface area contributed by atoms with Gasteiger partial charge in [0, 0.05) is 17.8 Å². The highest BCUT2D eigenvalue weighted by Gasteiger charge is 2.27. The molecular weight excluding hydrogens is 396 g/mol. The van der Waals surface area contributed by atoms with Crippen molar-refractivity contribution >= 4 is 44.9 Å². The molecule has 3 aromatic carbocycles. The van der Waals surface area contributed by atoms with Gasteiger partial charge in [0.2, 0.25) is 11.4 Å². The number of nitrogens with zero attached hydrogens (tertiary/aromatic N) is 6. The number of nitriles is 1. The number of aromatic nitrogens is 2. The van der Waals surface area contributed by atoms with Crippen LogP contribution in [0.4, 0.5) is 17.1 Å². The fourth-order valence-corrected chi connectivity index (χ4v) is 4.11. The van der Waals surface area contributed by atoms with Crippen molar-refractivity contribution in [1.82, 2.24) is 9.97 Å². The van der Waals surface area contributed by atoms with E-state index in [1.807, 2.05) is 50.3 Å². The zero-order valence-electron chi connectivity index (χ0n) is 17.3. The molecule has 1 heterocycles. The van der Waals surface area contributed by atoms with Crippen molar-refractivity contribution < 1.29 is 0 Å². The molecule has 0 fully saturated rings. The quantitative estimate of drug-likeness (QED) is 0.257. The number of benzene rings is 3. The Morgan fingerprint density at radius 2 is 1.56 bits per heavy atom. The molecule has 4 rings (SSSR count). The predicted octanol–water partition coefficient (Wildman–Crippen LogP) is 7.32. The normalized spacial score (nSPS) is 10.6. The van der Waals surface area contributed by atoms with E-state index in [1.165, 1.54) is 6.20 Å². The van der Waals surface area contributed by atoms with Gasteiger partial charge in [-0.3, -0.25) is 24.5 Å². The van der Waals surface area contributed by atoms with Crippen LogP contribution in [0, 0.1) is 38.0 Å². The molecule has 4 aromatic rings. The summed E-state index contributed by atoms with van der Waals surface area (Å²) in [6.07, 6.45) is 6.99. The summed E-state index contributed by atoms with van der Waals surface area (Å²) in [7, 11) is 0. The summed E-state index contributed by atoms with van der Waals surface area (Å²) >= 11 is 0. The summed E-state index contributed by atoms with van der Waals surface area (Å²) in [6, 6.07) is 9.84. The van der Waals surface area contributed by atoms with Gasteiger partial charge in [0.15, 0.2) is 5.69 Å². The molecule has 0 aliphatic carbocycles. The molecule has 6 heteroatoms. The highest BCUT2D eigenvalue weighted by atomic mass is 14.8. The van der Waals surface area contributed by atoms with Crippen LogP contribution in [0.2, 0.25) is 0 Å². The molecular formula is C26H14N6. The van der Waals surface area contributed by atoms with Crippen molar-refractivity contribution in [3.8, 4) is 17.2 Å². The second-order valence-corrected chi connectivity index (χ2v) is 6.96. The maximum absolute atomic E-state index is 10.0. The molecule has 0 saturated carbocycles. The molecule has 148 valence electrons. The average molecular weight is 410 g/mol. The predicted molar refractivity (Wildman–Crippen MR) is 125 cm³/mol. The minimum atomic E-state index is -0.121. The molecule has 0 amide bonds. The second-order valence-electron chi connectivity index (χ2n) is 6.96. The topological polar surface area (TPSA) is 62.6 Å². The number of aryl methyl sites for hydroxylation is 1. The van der Waals surface area contributed by atoms with Gasteiger partial charge in [-0.05, 0) is 41.5 Å². The maximum Gasteiger partial charge on any atom is 0.202 e. The van der Waals surface area contributed by atoms with E-state index in [9.17, 15) is 5.26 Å². The third-order valence-electron chi connectivity index (χ3n) is 5.36. The summed E-state index contributed by atoms with van der Waals surface area (Å²) in [5, 5.41) is 10.9. The van der Waals surface area contributed by atoms with E-state index in [0.29, 0.717) is 27.4 Å². The zero-order valence-corrected chi connectivity index (χ0v) is 17.3. The largest absolute Gasteiger partial charge is 0.262 e. The third kappa shape index (κ3) is 2.77. The van der Waals surface area contributed by atoms with Crippen LogP contribution in [-0.4, -0.2) is 9.97 Å². The Morgan fingerprint density at radius 1 is 0.906 bits per heavy atom. The standard InChI is InChI=1S/C26H14N6/c1-6-9-16-10-7-8-11-17(16)19-15(2)22-25(32-13-12-31-22)20-18(14-27)23(28-3)26(30-5)24(29-4)21(19)20/h6-13H,1-2H3/b9-6-. The van der Waals surface area contributed by atoms with Crippen LogP contribution in [0.25, 0.3) is 53.5 Å². The first-order valence-corrected chi connectivity index (χ1v) is 9.64. The SMILES string of the molecule is [C-]#[N+]c1c([N+]#[C-])c(C#N)c2c(c1[N+]#[C-])c(-c1ccccc1/C=C\C)c(C)c1nccnc12. The fraction of sp³-hybridized carbons (Fsp3) is 0.0769. The molecule has 0 saturated heterocycles. The Labute approximate surface area is 185 Å². The Kier molecular flexibility index (Phi) is 5.06. The first kappa shape index (κ1) is 20.2. The lowest BCUT2D eigenvalue weighted by molar-refractivity contribution is 1.28. The van der Waals surface area contributed by atoms with Crippen LogP contribution in [0.3, 0.4) is 0 Å². The summed E-state index contributed by atoms with van der Waals surface area (Å²) in [4.78, 5) is 19.6. The molecule has 0 aliphatic heterocycles. The molecule has 0 atom stereocenters.